The molecule has 3 N–H and O–H groups in total. The fourth-order valence-electron chi connectivity index (χ4n) is 3.41. The molecule has 1 aromatic rings. The number of ether oxygens (including phenoxy) is 2. The first kappa shape index (κ1) is 26.9. The third-order valence-electron chi connectivity index (χ3n) is 5.64. The Morgan fingerprint density at radius 2 is 1.80 bits per heavy atom. The van der Waals surface area contributed by atoms with E-state index in [-0.39, 0.29) is 30.0 Å². The standard InChI is InChI=1S/C22H38N4O3.HI/c1-5-22(27,6-2)17-25-21(23-7-3)24-16-20(26-12-14-29-15-13-26)18-8-10-19(28-4)11-9-18;/h8-11,20,27H,5-7,12-17H2,1-4H3,(H2,23,24,25);1H. The molecular weight excluding hydrogens is 495 g/mol. The highest BCUT2D eigenvalue weighted by Gasteiger charge is 2.24. The van der Waals surface area contributed by atoms with Crippen molar-refractivity contribution in [3.8, 4) is 5.75 Å². The van der Waals surface area contributed by atoms with Gasteiger partial charge in [-0.1, -0.05) is 26.0 Å². The summed E-state index contributed by atoms with van der Waals surface area (Å²) in [6.45, 7) is 11.2. The molecule has 0 saturated carbocycles. The Labute approximate surface area is 198 Å². The number of nitrogens with one attached hydrogen (secondary N) is 2. The van der Waals surface area contributed by atoms with Crippen molar-refractivity contribution in [2.75, 3.05) is 53.0 Å². The molecule has 1 aliphatic heterocycles. The number of methoxy groups -OCH3 is 1. The fraction of sp³-hybridized carbons (Fsp3) is 0.682. The van der Waals surface area contributed by atoms with Gasteiger partial charge in [-0.25, -0.2) is 0 Å². The van der Waals surface area contributed by atoms with E-state index in [9.17, 15) is 5.11 Å². The lowest BCUT2D eigenvalue weighted by Crippen LogP contribution is -2.46. The van der Waals surface area contributed by atoms with Gasteiger partial charge in [-0.3, -0.25) is 9.89 Å². The molecule has 1 unspecified atom stereocenters. The van der Waals surface area contributed by atoms with Crippen LogP contribution in [0.15, 0.2) is 29.3 Å². The lowest BCUT2D eigenvalue weighted by molar-refractivity contribution is 0.0169. The second-order valence-electron chi connectivity index (χ2n) is 7.44. The van der Waals surface area contributed by atoms with Crippen LogP contribution < -0.4 is 15.4 Å². The van der Waals surface area contributed by atoms with E-state index in [0.717, 1.165) is 51.1 Å². The van der Waals surface area contributed by atoms with Crippen molar-refractivity contribution < 1.29 is 14.6 Å². The predicted molar refractivity (Wildman–Crippen MR) is 133 cm³/mol. The minimum Gasteiger partial charge on any atom is -0.497 e. The molecule has 30 heavy (non-hydrogen) atoms. The second-order valence-corrected chi connectivity index (χ2v) is 7.44. The molecule has 1 heterocycles. The van der Waals surface area contributed by atoms with E-state index in [1.165, 1.54) is 5.56 Å². The molecule has 0 bridgehead atoms. The average molecular weight is 534 g/mol. The normalized spacial score (nSPS) is 16.5. The molecule has 1 atom stereocenters. The fourth-order valence-corrected chi connectivity index (χ4v) is 3.41. The number of benzene rings is 1. The maximum Gasteiger partial charge on any atom is 0.191 e. The molecule has 172 valence electrons. The van der Waals surface area contributed by atoms with E-state index in [2.05, 4.69) is 32.7 Å². The van der Waals surface area contributed by atoms with Crippen molar-refractivity contribution in [1.82, 2.24) is 15.5 Å². The highest BCUT2D eigenvalue weighted by molar-refractivity contribution is 14.0. The molecular formula is C22H39IN4O3. The van der Waals surface area contributed by atoms with Gasteiger partial charge in [0.15, 0.2) is 5.96 Å². The first-order chi connectivity index (χ1) is 14.0. The van der Waals surface area contributed by atoms with Crippen molar-refractivity contribution in [3.05, 3.63) is 29.8 Å². The number of guanidine groups is 1. The molecule has 1 fully saturated rings. The molecule has 1 aromatic carbocycles. The molecule has 1 saturated heterocycles. The smallest absolute Gasteiger partial charge is 0.191 e. The number of nitrogens with zero attached hydrogens (tertiary/aromatic N) is 2. The zero-order chi connectivity index (χ0) is 21.1. The monoisotopic (exact) mass is 534 g/mol. The van der Waals surface area contributed by atoms with Crippen molar-refractivity contribution >= 4 is 29.9 Å². The maximum atomic E-state index is 10.6. The van der Waals surface area contributed by atoms with Crippen LogP contribution in [-0.4, -0.2) is 74.6 Å². The van der Waals surface area contributed by atoms with Crippen LogP contribution in [-0.2, 0) is 4.74 Å². The summed E-state index contributed by atoms with van der Waals surface area (Å²) in [5.74, 6) is 1.59. The maximum absolute atomic E-state index is 10.6. The van der Waals surface area contributed by atoms with Crippen molar-refractivity contribution in [2.24, 2.45) is 4.99 Å². The van der Waals surface area contributed by atoms with E-state index in [4.69, 9.17) is 9.47 Å². The average Bonchev–Trinajstić information content (AvgIpc) is 2.78. The Kier molecular flexibility index (Phi) is 12.6. The molecule has 8 heteroatoms. The lowest BCUT2D eigenvalue weighted by Gasteiger charge is -2.35. The van der Waals surface area contributed by atoms with Gasteiger partial charge in [0.2, 0.25) is 0 Å². The number of morpholine rings is 1. The number of hydrogen-bond donors (Lipinski definition) is 3. The van der Waals surface area contributed by atoms with E-state index in [1.54, 1.807) is 7.11 Å². The highest BCUT2D eigenvalue weighted by Crippen LogP contribution is 2.23. The Morgan fingerprint density at radius 1 is 1.17 bits per heavy atom. The number of aliphatic hydroxyl groups is 1. The van der Waals surface area contributed by atoms with Crippen LogP contribution in [0.25, 0.3) is 0 Å². The molecule has 7 nitrogen and oxygen atoms in total. The number of aliphatic imine (C=N–C) groups is 1. The summed E-state index contributed by atoms with van der Waals surface area (Å²) in [5, 5.41) is 17.3. The first-order valence-corrected chi connectivity index (χ1v) is 10.8. The van der Waals surface area contributed by atoms with Gasteiger partial charge >= 0.3 is 0 Å². The van der Waals surface area contributed by atoms with E-state index < -0.39 is 5.60 Å². The van der Waals surface area contributed by atoms with Gasteiger partial charge < -0.3 is 25.2 Å². The van der Waals surface area contributed by atoms with Gasteiger partial charge in [-0.2, -0.15) is 0 Å². The van der Waals surface area contributed by atoms with Gasteiger partial charge in [-0.15, -0.1) is 24.0 Å². The van der Waals surface area contributed by atoms with E-state index in [0.29, 0.717) is 19.4 Å². The zero-order valence-electron chi connectivity index (χ0n) is 18.8. The number of halogens is 1. The van der Waals surface area contributed by atoms with Crippen LogP contribution in [0.1, 0.15) is 45.2 Å². The van der Waals surface area contributed by atoms with Gasteiger partial charge in [0, 0.05) is 26.2 Å². The predicted octanol–water partition coefficient (Wildman–Crippen LogP) is 2.79. The third-order valence-corrected chi connectivity index (χ3v) is 5.64. The Morgan fingerprint density at radius 3 is 2.33 bits per heavy atom. The summed E-state index contributed by atoms with van der Waals surface area (Å²) < 4.78 is 10.8. The van der Waals surface area contributed by atoms with E-state index >= 15 is 0 Å². The van der Waals surface area contributed by atoms with E-state index in [1.807, 2.05) is 32.9 Å². The largest absolute Gasteiger partial charge is 0.497 e. The summed E-state index contributed by atoms with van der Waals surface area (Å²) in [4.78, 5) is 7.09. The Bertz CT molecular complexity index is 617. The first-order valence-electron chi connectivity index (χ1n) is 10.8. The van der Waals surface area contributed by atoms with Crippen molar-refractivity contribution in [3.63, 3.8) is 0 Å². The SMILES string of the molecule is CCNC(=NCC(O)(CC)CC)NCC(c1ccc(OC)cc1)N1CCOCC1.I. The van der Waals surface area contributed by atoms with Crippen LogP contribution in [0.4, 0.5) is 0 Å². The Balaban J connectivity index is 0.00000450. The van der Waals surface area contributed by atoms with Crippen LogP contribution in [0.5, 0.6) is 5.75 Å². The molecule has 2 rings (SSSR count). The summed E-state index contributed by atoms with van der Waals surface area (Å²) in [6, 6.07) is 8.45. The highest BCUT2D eigenvalue weighted by atomic mass is 127. The zero-order valence-corrected chi connectivity index (χ0v) is 21.1. The molecule has 0 spiro atoms. The number of rotatable bonds is 10. The van der Waals surface area contributed by atoms with Crippen LogP contribution in [0.2, 0.25) is 0 Å². The third kappa shape index (κ3) is 8.20. The molecule has 1 aliphatic rings. The quantitative estimate of drug-likeness (QED) is 0.244. The minimum absolute atomic E-state index is 0. The topological polar surface area (TPSA) is 78.4 Å². The van der Waals surface area contributed by atoms with Crippen LogP contribution >= 0.6 is 24.0 Å². The summed E-state index contributed by atoms with van der Waals surface area (Å²) >= 11 is 0. The van der Waals surface area contributed by atoms with Crippen LogP contribution in [0.3, 0.4) is 0 Å². The van der Waals surface area contributed by atoms with Gasteiger partial charge in [0.25, 0.3) is 0 Å². The van der Waals surface area contributed by atoms with Crippen molar-refractivity contribution in [1.29, 1.82) is 0 Å². The van der Waals surface area contributed by atoms with Gasteiger partial charge in [-0.05, 0) is 37.5 Å². The van der Waals surface area contributed by atoms with Gasteiger partial charge in [0.1, 0.15) is 5.75 Å². The second kappa shape index (κ2) is 14.1. The molecule has 0 amide bonds. The summed E-state index contributed by atoms with van der Waals surface area (Å²) in [5.41, 5.74) is 0.483. The van der Waals surface area contributed by atoms with Gasteiger partial charge in [0.05, 0.1) is 38.5 Å². The summed E-state index contributed by atoms with van der Waals surface area (Å²) in [7, 11) is 1.68. The Hall–Kier alpha value is -1.10. The minimum atomic E-state index is -0.748. The van der Waals surface area contributed by atoms with Crippen molar-refractivity contribution in [2.45, 2.75) is 45.3 Å². The molecule has 0 radical (unpaired) electrons. The summed E-state index contributed by atoms with van der Waals surface area (Å²) in [6.07, 6.45) is 1.38. The lowest BCUT2D eigenvalue weighted by atomic mass is 9.98. The molecule has 0 aliphatic carbocycles. The van der Waals surface area contributed by atoms with Crippen LogP contribution in [0, 0.1) is 0 Å². The molecule has 0 aromatic heterocycles. The number of hydrogen-bond acceptors (Lipinski definition) is 5.